The van der Waals surface area contributed by atoms with Crippen molar-refractivity contribution in [2.75, 3.05) is 6.61 Å². The van der Waals surface area contributed by atoms with E-state index in [1.54, 1.807) is 0 Å². The highest BCUT2D eigenvalue weighted by Gasteiger charge is 2.09. The maximum Gasteiger partial charge on any atom is 0.380 e. The first kappa shape index (κ1) is 14.5. The molecular weight excluding hydrogens is 258 g/mol. The number of esters is 1. The van der Waals surface area contributed by atoms with Crippen LogP contribution in [0.25, 0.3) is 0 Å². The molecule has 0 unspecified atom stereocenters. The van der Waals surface area contributed by atoms with Crippen LogP contribution in [0.2, 0.25) is 0 Å². The Kier molecular flexibility index (Phi) is 5.11. The van der Waals surface area contributed by atoms with Crippen molar-refractivity contribution in [1.29, 1.82) is 0 Å². The molecule has 6 nitrogen and oxygen atoms in total. The molecule has 0 aliphatic heterocycles. The van der Waals surface area contributed by atoms with Crippen molar-refractivity contribution in [1.82, 2.24) is 0 Å². The lowest BCUT2D eigenvalue weighted by molar-refractivity contribution is 0.0500. The van der Waals surface area contributed by atoms with Gasteiger partial charge in [0.05, 0.1) is 12.2 Å². The minimum atomic E-state index is -4.04. The largest absolute Gasteiger partial charge is 0.462 e. The van der Waals surface area contributed by atoms with Gasteiger partial charge in [-0.1, -0.05) is 13.3 Å². The average molecular weight is 273 g/mol. The maximum atomic E-state index is 11.5. The minimum absolute atomic E-state index is 0.0441. The molecule has 0 saturated carbocycles. The van der Waals surface area contributed by atoms with Crippen molar-refractivity contribution >= 4 is 16.3 Å². The molecule has 1 aromatic rings. The first-order valence-corrected chi connectivity index (χ1v) is 6.89. The fourth-order valence-corrected chi connectivity index (χ4v) is 1.55. The van der Waals surface area contributed by atoms with Crippen LogP contribution in [0.15, 0.2) is 24.3 Å². The lowest BCUT2D eigenvalue weighted by Gasteiger charge is -2.05. The second-order valence-electron chi connectivity index (χ2n) is 3.59. The van der Waals surface area contributed by atoms with Gasteiger partial charge in [0.25, 0.3) is 0 Å². The standard InChI is InChI=1S/C11H15NO5S/c1-2-3-8-16-11(13)9-4-6-10(7-5-9)17-18(12,14)15/h4-7H,2-3,8H2,1H3,(H2,12,14,15). The van der Waals surface area contributed by atoms with Gasteiger partial charge in [0, 0.05) is 0 Å². The molecule has 0 saturated heterocycles. The zero-order chi connectivity index (χ0) is 13.6. The Balaban J connectivity index is 2.62. The zero-order valence-corrected chi connectivity index (χ0v) is 10.8. The molecule has 7 heteroatoms. The Bertz CT molecular complexity index is 495. The van der Waals surface area contributed by atoms with Gasteiger partial charge >= 0.3 is 16.3 Å². The van der Waals surface area contributed by atoms with E-state index in [0.29, 0.717) is 12.2 Å². The number of carbonyl (C=O) groups is 1. The molecule has 0 atom stereocenters. The third-order valence-electron chi connectivity index (χ3n) is 2.03. The smallest absolute Gasteiger partial charge is 0.380 e. The van der Waals surface area contributed by atoms with Crippen molar-refractivity contribution in [3.63, 3.8) is 0 Å². The Morgan fingerprint density at radius 3 is 2.39 bits per heavy atom. The number of hydrogen-bond donors (Lipinski definition) is 1. The predicted molar refractivity (Wildman–Crippen MR) is 65.4 cm³/mol. The van der Waals surface area contributed by atoms with Crippen LogP contribution < -0.4 is 9.32 Å². The van der Waals surface area contributed by atoms with Gasteiger partial charge < -0.3 is 8.92 Å². The minimum Gasteiger partial charge on any atom is -0.462 e. The molecule has 0 aliphatic rings. The summed E-state index contributed by atoms with van der Waals surface area (Å²) in [6, 6.07) is 5.49. The SMILES string of the molecule is CCCCOC(=O)c1ccc(OS(N)(=O)=O)cc1. The van der Waals surface area contributed by atoms with Crippen LogP contribution >= 0.6 is 0 Å². The summed E-state index contributed by atoms with van der Waals surface area (Å²) < 4.78 is 30.7. The highest BCUT2D eigenvalue weighted by Crippen LogP contribution is 2.14. The van der Waals surface area contributed by atoms with Crippen molar-refractivity contribution in [3.8, 4) is 5.75 Å². The van der Waals surface area contributed by atoms with Crippen molar-refractivity contribution in [2.24, 2.45) is 5.14 Å². The van der Waals surface area contributed by atoms with Gasteiger partial charge in [0.15, 0.2) is 0 Å². The molecule has 0 spiro atoms. The molecule has 0 fully saturated rings. The molecule has 0 heterocycles. The number of unbranched alkanes of at least 4 members (excludes halogenated alkanes) is 1. The molecule has 2 N–H and O–H groups in total. The van der Waals surface area contributed by atoms with Crippen LogP contribution in [0.4, 0.5) is 0 Å². The predicted octanol–water partition coefficient (Wildman–Crippen LogP) is 1.23. The zero-order valence-electron chi connectivity index (χ0n) is 9.96. The summed E-state index contributed by atoms with van der Waals surface area (Å²) in [5, 5.41) is 4.70. The van der Waals surface area contributed by atoms with Gasteiger partial charge in [-0.05, 0) is 30.7 Å². The number of benzene rings is 1. The van der Waals surface area contributed by atoms with Crippen molar-refractivity contribution in [2.45, 2.75) is 19.8 Å². The quantitative estimate of drug-likeness (QED) is 0.621. The number of rotatable bonds is 6. The van der Waals surface area contributed by atoms with Crippen LogP contribution in [0.5, 0.6) is 5.75 Å². The van der Waals surface area contributed by atoms with E-state index in [1.807, 2.05) is 6.92 Å². The Morgan fingerprint density at radius 1 is 1.28 bits per heavy atom. The maximum absolute atomic E-state index is 11.5. The second-order valence-corrected chi connectivity index (χ2v) is 4.74. The Morgan fingerprint density at radius 2 is 1.89 bits per heavy atom. The second kappa shape index (κ2) is 6.36. The summed E-state index contributed by atoms with van der Waals surface area (Å²) in [5.41, 5.74) is 0.327. The van der Waals surface area contributed by atoms with E-state index in [-0.39, 0.29) is 5.75 Å². The van der Waals surface area contributed by atoms with Gasteiger partial charge in [-0.3, -0.25) is 0 Å². The Labute approximate surface area is 106 Å². The molecule has 0 aliphatic carbocycles. The molecule has 0 amide bonds. The summed E-state index contributed by atoms with van der Waals surface area (Å²) in [5.74, 6) is -0.409. The summed E-state index contributed by atoms with van der Waals surface area (Å²) in [7, 11) is -4.04. The van der Waals surface area contributed by atoms with E-state index < -0.39 is 16.3 Å². The number of nitrogens with two attached hydrogens (primary N) is 1. The number of ether oxygens (including phenoxy) is 1. The fraction of sp³-hybridized carbons (Fsp3) is 0.364. The van der Waals surface area contributed by atoms with Crippen LogP contribution in [0, 0.1) is 0 Å². The van der Waals surface area contributed by atoms with Crippen LogP contribution in [-0.4, -0.2) is 21.0 Å². The molecule has 100 valence electrons. The average Bonchev–Trinajstić information content (AvgIpc) is 2.28. The van der Waals surface area contributed by atoms with Crippen LogP contribution in [-0.2, 0) is 15.0 Å². The van der Waals surface area contributed by atoms with Crippen molar-refractivity contribution in [3.05, 3.63) is 29.8 Å². The van der Waals surface area contributed by atoms with Crippen LogP contribution in [0.3, 0.4) is 0 Å². The molecule has 0 bridgehead atoms. The van der Waals surface area contributed by atoms with E-state index in [4.69, 9.17) is 9.88 Å². The third kappa shape index (κ3) is 5.15. The first-order valence-electron chi connectivity index (χ1n) is 5.42. The molecule has 0 radical (unpaired) electrons. The van der Waals surface area contributed by atoms with Gasteiger partial charge in [0.1, 0.15) is 5.75 Å². The monoisotopic (exact) mass is 273 g/mol. The van der Waals surface area contributed by atoms with Gasteiger partial charge in [-0.25, -0.2) is 4.79 Å². The fourth-order valence-electron chi connectivity index (χ4n) is 1.17. The highest BCUT2D eigenvalue weighted by atomic mass is 32.2. The van der Waals surface area contributed by atoms with E-state index in [9.17, 15) is 13.2 Å². The number of hydrogen-bond acceptors (Lipinski definition) is 5. The number of carbonyl (C=O) groups excluding carboxylic acids is 1. The highest BCUT2D eigenvalue weighted by molar-refractivity contribution is 7.84. The third-order valence-corrected chi connectivity index (χ3v) is 2.46. The van der Waals surface area contributed by atoms with Crippen LogP contribution in [0.1, 0.15) is 30.1 Å². The van der Waals surface area contributed by atoms with Gasteiger partial charge in [-0.2, -0.15) is 13.6 Å². The van der Waals surface area contributed by atoms with E-state index >= 15 is 0 Å². The van der Waals surface area contributed by atoms with E-state index in [2.05, 4.69) is 4.18 Å². The van der Waals surface area contributed by atoms with E-state index in [0.717, 1.165) is 12.8 Å². The topological polar surface area (TPSA) is 95.7 Å². The molecular formula is C11H15NO5S. The lowest BCUT2D eigenvalue weighted by atomic mass is 10.2. The Hall–Kier alpha value is -1.60. The first-order chi connectivity index (χ1) is 8.42. The molecule has 1 rings (SSSR count). The van der Waals surface area contributed by atoms with Crippen molar-refractivity contribution < 1.29 is 22.1 Å². The summed E-state index contributed by atoms with van der Waals surface area (Å²) in [6.07, 6.45) is 1.74. The molecule has 18 heavy (non-hydrogen) atoms. The molecule has 0 aromatic heterocycles. The van der Waals surface area contributed by atoms with Gasteiger partial charge in [0.2, 0.25) is 0 Å². The van der Waals surface area contributed by atoms with Gasteiger partial charge in [-0.15, -0.1) is 0 Å². The summed E-state index contributed by atoms with van der Waals surface area (Å²) in [6.45, 7) is 2.36. The lowest BCUT2D eigenvalue weighted by Crippen LogP contribution is -2.19. The summed E-state index contributed by atoms with van der Waals surface area (Å²) in [4.78, 5) is 11.5. The summed E-state index contributed by atoms with van der Waals surface area (Å²) >= 11 is 0. The van der Waals surface area contributed by atoms with E-state index in [1.165, 1.54) is 24.3 Å². The molecule has 1 aromatic carbocycles. The normalized spacial score (nSPS) is 11.0.